The number of carbonyl (C=O) groups excluding carboxylic acids is 1. The summed E-state index contributed by atoms with van der Waals surface area (Å²) < 4.78 is 0. The van der Waals surface area contributed by atoms with Gasteiger partial charge < -0.3 is 15.3 Å². The average Bonchev–Trinajstić information content (AvgIpc) is 2.40. The maximum Gasteiger partial charge on any atom is 0.257 e. The smallest absolute Gasteiger partial charge is 0.257 e. The molecule has 1 heterocycles. The number of anilines is 1. The molecule has 5 nitrogen and oxygen atoms in total. The van der Waals surface area contributed by atoms with E-state index in [1.165, 1.54) is 18.5 Å². The molecule has 0 saturated carbocycles. The molecule has 20 heavy (non-hydrogen) atoms. The number of nitrogens with zero attached hydrogens (tertiary/aromatic N) is 2. The van der Waals surface area contributed by atoms with Gasteiger partial charge >= 0.3 is 0 Å². The molecule has 2 aromatic rings. The summed E-state index contributed by atoms with van der Waals surface area (Å²) in [5.74, 6) is -0.321. The maximum atomic E-state index is 12.1. The van der Waals surface area contributed by atoms with Crippen LogP contribution in [0, 0.1) is 0 Å². The van der Waals surface area contributed by atoms with E-state index in [0.717, 1.165) is 17.8 Å². The number of amides is 1. The van der Waals surface area contributed by atoms with Gasteiger partial charge in [0.25, 0.3) is 5.91 Å². The van der Waals surface area contributed by atoms with Crippen LogP contribution in [0.3, 0.4) is 0 Å². The molecule has 2 N–H and O–H groups in total. The van der Waals surface area contributed by atoms with E-state index in [1.807, 2.05) is 43.3 Å². The van der Waals surface area contributed by atoms with Crippen molar-refractivity contribution in [2.45, 2.75) is 6.54 Å². The molecular formula is C15H17N3O2. The summed E-state index contributed by atoms with van der Waals surface area (Å²) in [7, 11) is 3.94. The fourth-order valence-corrected chi connectivity index (χ4v) is 1.87. The summed E-state index contributed by atoms with van der Waals surface area (Å²) in [6.07, 6.45) is 2.71. The second kappa shape index (κ2) is 6.16. The Labute approximate surface area is 117 Å². The summed E-state index contributed by atoms with van der Waals surface area (Å²) >= 11 is 0. The Balaban J connectivity index is 2.19. The molecule has 1 aromatic carbocycles. The van der Waals surface area contributed by atoms with Gasteiger partial charge in [0, 0.05) is 18.4 Å². The van der Waals surface area contributed by atoms with E-state index < -0.39 is 0 Å². The fourth-order valence-electron chi connectivity index (χ4n) is 1.87. The van der Waals surface area contributed by atoms with Crippen LogP contribution in [0.2, 0.25) is 0 Å². The van der Waals surface area contributed by atoms with Crippen LogP contribution in [0.15, 0.2) is 42.7 Å². The molecule has 0 aliphatic carbocycles. The molecule has 0 bridgehead atoms. The summed E-state index contributed by atoms with van der Waals surface area (Å²) in [6, 6.07) is 9.01. The quantitative estimate of drug-likeness (QED) is 0.893. The van der Waals surface area contributed by atoms with E-state index in [2.05, 4.69) is 10.3 Å². The molecule has 104 valence electrons. The third-order valence-electron chi connectivity index (χ3n) is 2.74. The summed E-state index contributed by atoms with van der Waals surface area (Å²) in [6.45, 7) is 0.731. The molecule has 0 radical (unpaired) electrons. The first kappa shape index (κ1) is 14.0. The molecule has 1 amide bonds. The molecule has 2 rings (SSSR count). The van der Waals surface area contributed by atoms with Crippen molar-refractivity contribution in [2.24, 2.45) is 0 Å². The number of carbonyl (C=O) groups is 1. The topological polar surface area (TPSA) is 65.5 Å². The standard InChI is InChI=1S/C15H17N3O2/c1-18(2)10-11-5-3-4-6-14(11)17-15(20)12-7-13(19)9-16-8-12/h3-9,19H,10H2,1-2H3,(H,17,20). The van der Waals surface area contributed by atoms with Crippen molar-refractivity contribution in [1.29, 1.82) is 0 Å². The number of para-hydroxylation sites is 1. The summed E-state index contributed by atoms with van der Waals surface area (Å²) in [4.78, 5) is 18.0. The lowest BCUT2D eigenvalue weighted by Gasteiger charge is -2.14. The highest BCUT2D eigenvalue weighted by Gasteiger charge is 2.10. The average molecular weight is 271 g/mol. The van der Waals surface area contributed by atoms with Crippen LogP contribution in [0.5, 0.6) is 5.75 Å². The first-order valence-corrected chi connectivity index (χ1v) is 6.24. The van der Waals surface area contributed by atoms with Crippen LogP contribution >= 0.6 is 0 Å². The minimum atomic E-state index is -0.292. The lowest BCUT2D eigenvalue weighted by molar-refractivity contribution is 0.102. The minimum absolute atomic E-state index is 0.0285. The highest BCUT2D eigenvalue weighted by molar-refractivity contribution is 6.04. The third kappa shape index (κ3) is 3.55. The van der Waals surface area contributed by atoms with Crippen molar-refractivity contribution in [3.63, 3.8) is 0 Å². The second-order valence-electron chi connectivity index (χ2n) is 4.78. The van der Waals surface area contributed by atoms with E-state index >= 15 is 0 Å². The summed E-state index contributed by atoms with van der Waals surface area (Å²) in [5, 5.41) is 12.2. The number of aromatic nitrogens is 1. The fraction of sp³-hybridized carbons (Fsp3) is 0.200. The lowest BCUT2D eigenvalue weighted by Crippen LogP contribution is -2.16. The lowest BCUT2D eigenvalue weighted by atomic mass is 10.1. The van der Waals surface area contributed by atoms with Gasteiger partial charge in [0.05, 0.1) is 11.8 Å². The van der Waals surface area contributed by atoms with Gasteiger partial charge in [0.2, 0.25) is 0 Å². The van der Waals surface area contributed by atoms with Gasteiger partial charge in [0.1, 0.15) is 5.75 Å². The van der Waals surface area contributed by atoms with E-state index in [0.29, 0.717) is 5.56 Å². The zero-order valence-corrected chi connectivity index (χ0v) is 11.5. The van der Waals surface area contributed by atoms with Crippen molar-refractivity contribution < 1.29 is 9.90 Å². The Kier molecular flexibility index (Phi) is 4.32. The molecule has 5 heteroatoms. The van der Waals surface area contributed by atoms with Crippen molar-refractivity contribution in [1.82, 2.24) is 9.88 Å². The second-order valence-corrected chi connectivity index (χ2v) is 4.78. The van der Waals surface area contributed by atoms with Crippen LogP contribution in [0.25, 0.3) is 0 Å². The number of hydrogen-bond donors (Lipinski definition) is 2. The van der Waals surface area contributed by atoms with Gasteiger partial charge in [0.15, 0.2) is 0 Å². The molecule has 0 aliphatic rings. The van der Waals surface area contributed by atoms with Crippen molar-refractivity contribution in [3.8, 4) is 5.75 Å². The Morgan fingerprint density at radius 1 is 1.30 bits per heavy atom. The maximum absolute atomic E-state index is 12.1. The largest absolute Gasteiger partial charge is 0.506 e. The van der Waals surface area contributed by atoms with Gasteiger partial charge in [-0.1, -0.05) is 18.2 Å². The van der Waals surface area contributed by atoms with Gasteiger partial charge in [-0.3, -0.25) is 9.78 Å². The van der Waals surface area contributed by atoms with E-state index in [-0.39, 0.29) is 11.7 Å². The van der Waals surface area contributed by atoms with Gasteiger partial charge in [-0.05, 0) is 31.8 Å². The number of hydrogen-bond acceptors (Lipinski definition) is 4. The SMILES string of the molecule is CN(C)Cc1ccccc1NC(=O)c1cncc(O)c1. The normalized spacial score (nSPS) is 10.6. The number of benzene rings is 1. The molecule has 0 fully saturated rings. The predicted molar refractivity (Wildman–Crippen MR) is 77.7 cm³/mol. The van der Waals surface area contributed by atoms with Gasteiger partial charge in [-0.25, -0.2) is 0 Å². The highest BCUT2D eigenvalue weighted by atomic mass is 16.3. The van der Waals surface area contributed by atoms with Crippen LogP contribution in [-0.2, 0) is 6.54 Å². The number of rotatable bonds is 4. The third-order valence-corrected chi connectivity index (χ3v) is 2.74. The first-order valence-electron chi connectivity index (χ1n) is 6.24. The Hall–Kier alpha value is -2.40. The molecule has 0 saturated heterocycles. The van der Waals surface area contributed by atoms with Crippen LogP contribution in [0.1, 0.15) is 15.9 Å². The minimum Gasteiger partial charge on any atom is -0.506 e. The molecule has 0 atom stereocenters. The van der Waals surface area contributed by atoms with Crippen LogP contribution in [-0.4, -0.2) is 35.0 Å². The zero-order valence-electron chi connectivity index (χ0n) is 11.5. The number of nitrogens with one attached hydrogen (secondary N) is 1. The molecular weight excluding hydrogens is 254 g/mol. The molecule has 0 spiro atoms. The van der Waals surface area contributed by atoms with Crippen molar-refractivity contribution >= 4 is 11.6 Å². The molecule has 0 unspecified atom stereocenters. The monoisotopic (exact) mass is 271 g/mol. The Morgan fingerprint density at radius 3 is 2.75 bits per heavy atom. The van der Waals surface area contributed by atoms with E-state index in [9.17, 15) is 9.90 Å². The van der Waals surface area contributed by atoms with E-state index in [4.69, 9.17) is 0 Å². The van der Waals surface area contributed by atoms with Crippen molar-refractivity contribution in [2.75, 3.05) is 19.4 Å². The van der Waals surface area contributed by atoms with Crippen molar-refractivity contribution in [3.05, 3.63) is 53.9 Å². The van der Waals surface area contributed by atoms with E-state index in [1.54, 1.807) is 0 Å². The predicted octanol–water partition coefficient (Wildman–Crippen LogP) is 2.10. The Morgan fingerprint density at radius 2 is 2.05 bits per heavy atom. The van der Waals surface area contributed by atoms with Crippen LogP contribution in [0.4, 0.5) is 5.69 Å². The zero-order chi connectivity index (χ0) is 14.5. The van der Waals surface area contributed by atoms with Gasteiger partial charge in [-0.2, -0.15) is 0 Å². The number of aromatic hydroxyl groups is 1. The van der Waals surface area contributed by atoms with Gasteiger partial charge in [-0.15, -0.1) is 0 Å². The number of pyridine rings is 1. The summed E-state index contributed by atoms with van der Waals surface area (Å²) in [5.41, 5.74) is 2.11. The Bertz CT molecular complexity index is 612. The molecule has 0 aliphatic heterocycles. The van der Waals surface area contributed by atoms with Crippen LogP contribution < -0.4 is 5.32 Å². The highest BCUT2D eigenvalue weighted by Crippen LogP contribution is 2.18. The first-order chi connectivity index (χ1) is 9.56. The molecule has 1 aromatic heterocycles.